The molecule has 1 aliphatic heterocycles. The van der Waals surface area contributed by atoms with E-state index in [1.165, 1.54) is 19.3 Å². The van der Waals surface area contributed by atoms with Gasteiger partial charge in [0, 0.05) is 25.2 Å². The third-order valence-electron chi connectivity index (χ3n) is 2.88. The van der Waals surface area contributed by atoms with E-state index in [0.29, 0.717) is 5.54 Å². The first-order chi connectivity index (χ1) is 4.83. The molecule has 0 unspecified atom stereocenters. The van der Waals surface area contributed by atoms with Gasteiger partial charge in [-0.25, -0.2) is 5.01 Å². The number of piperazine rings is 1. The molecule has 0 bridgehead atoms. The number of nitrogens with two attached hydrogens (primary N) is 1. The maximum absolute atomic E-state index is 5.87. The van der Waals surface area contributed by atoms with Crippen LogP contribution in [0.2, 0.25) is 0 Å². The summed E-state index contributed by atoms with van der Waals surface area (Å²) < 4.78 is 0. The van der Waals surface area contributed by atoms with Crippen molar-refractivity contribution in [1.82, 2.24) is 10.3 Å². The summed E-state index contributed by atoms with van der Waals surface area (Å²) in [6.07, 6.45) is 3.93. The van der Waals surface area contributed by atoms with Crippen molar-refractivity contribution in [2.75, 3.05) is 19.6 Å². The van der Waals surface area contributed by atoms with E-state index in [1.807, 2.05) is 5.01 Å². The SMILES string of the molecule is NN1CCNCC12CCC2. The number of hydrazine groups is 1. The second-order valence-electron chi connectivity index (χ2n) is 3.45. The molecule has 1 aliphatic carbocycles. The summed E-state index contributed by atoms with van der Waals surface area (Å²) in [6, 6.07) is 0. The van der Waals surface area contributed by atoms with Crippen LogP contribution in [0.4, 0.5) is 0 Å². The quantitative estimate of drug-likeness (QED) is 0.455. The second kappa shape index (κ2) is 2.19. The van der Waals surface area contributed by atoms with Crippen LogP contribution in [0.5, 0.6) is 0 Å². The van der Waals surface area contributed by atoms with Gasteiger partial charge in [-0.15, -0.1) is 0 Å². The lowest BCUT2D eigenvalue weighted by molar-refractivity contribution is -0.00469. The molecule has 1 saturated heterocycles. The Morgan fingerprint density at radius 2 is 2.20 bits per heavy atom. The van der Waals surface area contributed by atoms with E-state index >= 15 is 0 Å². The molecule has 2 aliphatic rings. The van der Waals surface area contributed by atoms with E-state index < -0.39 is 0 Å². The highest BCUT2D eigenvalue weighted by Crippen LogP contribution is 2.36. The fourth-order valence-electron chi connectivity index (χ4n) is 1.91. The number of nitrogens with zero attached hydrogens (tertiary/aromatic N) is 1. The highest BCUT2D eigenvalue weighted by atomic mass is 15.5. The Labute approximate surface area is 61.5 Å². The zero-order valence-electron chi connectivity index (χ0n) is 6.27. The molecule has 3 nitrogen and oxygen atoms in total. The lowest BCUT2D eigenvalue weighted by atomic mass is 9.75. The monoisotopic (exact) mass is 141 g/mol. The maximum atomic E-state index is 5.87. The average Bonchev–Trinajstić information content (AvgIpc) is 1.85. The molecule has 3 heteroatoms. The van der Waals surface area contributed by atoms with Crippen molar-refractivity contribution in [3.8, 4) is 0 Å². The van der Waals surface area contributed by atoms with Crippen molar-refractivity contribution in [2.24, 2.45) is 5.84 Å². The minimum Gasteiger partial charge on any atom is -0.314 e. The number of nitrogens with one attached hydrogen (secondary N) is 1. The third kappa shape index (κ3) is 0.779. The van der Waals surface area contributed by atoms with Gasteiger partial charge in [-0.05, 0) is 19.3 Å². The van der Waals surface area contributed by atoms with Crippen molar-refractivity contribution < 1.29 is 0 Å². The molecule has 0 aromatic rings. The molecule has 10 heavy (non-hydrogen) atoms. The highest BCUT2D eigenvalue weighted by molar-refractivity contribution is 5.00. The molecule has 1 saturated carbocycles. The van der Waals surface area contributed by atoms with E-state index in [9.17, 15) is 0 Å². The van der Waals surface area contributed by atoms with Crippen molar-refractivity contribution >= 4 is 0 Å². The van der Waals surface area contributed by atoms with Gasteiger partial charge in [0.15, 0.2) is 0 Å². The number of hydrogen-bond donors (Lipinski definition) is 2. The second-order valence-corrected chi connectivity index (χ2v) is 3.45. The smallest absolute Gasteiger partial charge is 0.0476 e. The van der Waals surface area contributed by atoms with E-state index in [2.05, 4.69) is 5.32 Å². The van der Waals surface area contributed by atoms with Crippen LogP contribution in [0.15, 0.2) is 0 Å². The summed E-state index contributed by atoms with van der Waals surface area (Å²) in [5.74, 6) is 5.87. The molecule has 0 atom stereocenters. The zero-order valence-corrected chi connectivity index (χ0v) is 6.27. The zero-order chi connectivity index (χ0) is 7.03. The molecular weight excluding hydrogens is 126 g/mol. The molecular formula is C7H15N3. The van der Waals surface area contributed by atoms with Crippen molar-refractivity contribution in [1.29, 1.82) is 0 Å². The standard InChI is InChI=1S/C7H15N3/c8-10-5-4-9-6-7(10)2-1-3-7/h9H,1-6,8H2. The van der Waals surface area contributed by atoms with Crippen LogP contribution in [-0.2, 0) is 0 Å². The normalized spacial score (nSPS) is 32.1. The molecule has 0 amide bonds. The van der Waals surface area contributed by atoms with Crippen LogP contribution >= 0.6 is 0 Å². The molecule has 0 radical (unpaired) electrons. The van der Waals surface area contributed by atoms with Gasteiger partial charge in [0.2, 0.25) is 0 Å². The van der Waals surface area contributed by atoms with E-state index in [1.54, 1.807) is 0 Å². The molecule has 3 N–H and O–H groups in total. The predicted octanol–water partition coefficient (Wildman–Crippen LogP) is -0.312. The minimum absolute atomic E-state index is 0.359. The minimum atomic E-state index is 0.359. The van der Waals surface area contributed by atoms with Gasteiger partial charge in [-0.3, -0.25) is 5.84 Å². The predicted molar refractivity (Wildman–Crippen MR) is 40.3 cm³/mol. The van der Waals surface area contributed by atoms with E-state index in [4.69, 9.17) is 5.84 Å². The van der Waals surface area contributed by atoms with Crippen LogP contribution in [0.1, 0.15) is 19.3 Å². The maximum Gasteiger partial charge on any atom is 0.0476 e. The summed E-state index contributed by atoms with van der Waals surface area (Å²) in [6.45, 7) is 3.17. The Kier molecular flexibility index (Phi) is 1.44. The fraction of sp³-hybridized carbons (Fsp3) is 1.00. The first-order valence-corrected chi connectivity index (χ1v) is 4.07. The summed E-state index contributed by atoms with van der Waals surface area (Å²) in [5.41, 5.74) is 0.359. The molecule has 2 fully saturated rings. The van der Waals surface area contributed by atoms with Crippen molar-refractivity contribution in [3.63, 3.8) is 0 Å². The Balaban J connectivity index is 2.03. The lowest BCUT2D eigenvalue weighted by Crippen LogP contribution is -2.67. The Morgan fingerprint density at radius 3 is 2.60 bits per heavy atom. The van der Waals surface area contributed by atoms with Gasteiger partial charge in [0.25, 0.3) is 0 Å². The lowest BCUT2D eigenvalue weighted by Gasteiger charge is -2.51. The van der Waals surface area contributed by atoms with Crippen LogP contribution in [0, 0.1) is 0 Å². The van der Waals surface area contributed by atoms with Crippen LogP contribution < -0.4 is 11.2 Å². The molecule has 0 aromatic heterocycles. The van der Waals surface area contributed by atoms with Gasteiger partial charge in [0.05, 0.1) is 0 Å². The molecule has 1 spiro atoms. The number of hydrogen-bond acceptors (Lipinski definition) is 3. The van der Waals surface area contributed by atoms with Gasteiger partial charge >= 0.3 is 0 Å². The van der Waals surface area contributed by atoms with Gasteiger partial charge in [0.1, 0.15) is 0 Å². The topological polar surface area (TPSA) is 41.3 Å². The summed E-state index contributed by atoms with van der Waals surface area (Å²) in [5, 5.41) is 5.42. The Hall–Kier alpha value is -0.120. The average molecular weight is 141 g/mol. The van der Waals surface area contributed by atoms with Gasteiger partial charge in [-0.2, -0.15) is 0 Å². The fourth-order valence-corrected chi connectivity index (χ4v) is 1.91. The third-order valence-corrected chi connectivity index (χ3v) is 2.88. The van der Waals surface area contributed by atoms with Crippen LogP contribution in [-0.4, -0.2) is 30.2 Å². The van der Waals surface area contributed by atoms with Gasteiger partial charge in [-0.1, -0.05) is 0 Å². The van der Waals surface area contributed by atoms with Gasteiger partial charge < -0.3 is 5.32 Å². The Morgan fingerprint density at radius 1 is 1.40 bits per heavy atom. The first-order valence-electron chi connectivity index (χ1n) is 4.07. The summed E-state index contributed by atoms with van der Waals surface area (Å²) in [7, 11) is 0. The molecule has 0 aromatic carbocycles. The molecule has 2 rings (SSSR count). The number of rotatable bonds is 0. The van der Waals surface area contributed by atoms with Crippen molar-refractivity contribution in [3.05, 3.63) is 0 Å². The highest BCUT2D eigenvalue weighted by Gasteiger charge is 2.42. The summed E-state index contributed by atoms with van der Waals surface area (Å²) in [4.78, 5) is 0. The van der Waals surface area contributed by atoms with Crippen LogP contribution in [0.25, 0.3) is 0 Å². The Bertz CT molecular complexity index is 131. The first kappa shape index (κ1) is 6.58. The van der Waals surface area contributed by atoms with E-state index in [-0.39, 0.29) is 0 Å². The largest absolute Gasteiger partial charge is 0.314 e. The molecule has 58 valence electrons. The molecule has 1 heterocycles. The summed E-state index contributed by atoms with van der Waals surface area (Å²) >= 11 is 0. The van der Waals surface area contributed by atoms with Crippen LogP contribution in [0.3, 0.4) is 0 Å². The van der Waals surface area contributed by atoms with E-state index in [0.717, 1.165) is 19.6 Å². The van der Waals surface area contributed by atoms with Crippen molar-refractivity contribution in [2.45, 2.75) is 24.8 Å².